The molecule has 0 spiro atoms. The zero-order valence-corrected chi connectivity index (χ0v) is 8.82. The van der Waals surface area contributed by atoms with Crippen molar-refractivity contribution in [2.75, 3.05) is 6.54 Å². The van der Waals surface area contributed by atoms with E-state index in [4.69, 9.17) is 17.3 Å². The van der Waals surface area contributed by atoms with Crippen molar-refractivity contribution in [3.05, 3.63) is 38.9 Å². The minimum Gasteiger partial charge on any atom is -0.330 e. The second kappa shape index (κ2) is 5.18. The van der Waals surface area contributed by atoms with Crippen molar-refractivity contribution in [1.82, 2.24) is 0 Å². The van der Waals surface area contributed by atoms with Crippen LogP contribution in [0.2, 0.25) is 5.02 Å². The molecule has 16 heavy (non-hydrogen) atoms. The van der Waals surface area contributed by atoms with E-state index in [2.05, 4.69) is 0 Å². The van der Waals surface area contributed by atoms with Crippen LogP contribution in [0.5, 0.6) is 0 Å². The van der Waals surface area contributed by atoms with Gasteiger partial charge < -0.3 is 5.73 Å². The molecule has 1 unspecified atom stereocenters. The topological polar surface area (TPSA) is 69.2 Å². The van der Waals surface area contributed by atoms with Gasteiger partial charge in [-0.15, -0.1) is 0 Å². The molecule has 0 aromatic heterocycles. The molecule has 1 aromatic rings. The lowest BCUT2D eigenvalue weighted by Crippen LogP contribution is -2.19. The first-order valence-corrected chi connectivity index (χ1v) is 4.77. The van der Waals surface area contributed by atoms with Crippen molar-refractivity contribution < 1.29 is 13.7 Å². The summed E-state index contributed by atoms with van der Waals surface area (Å²) in [4.78, 5) is 9.78. The van der Waals surface area contributed by atoms with E-state index in [0.29, 0.717) is 0 Å². The standard InChI is InChI=1S/C9H9ClF2N2O2/c10-7-3-5(6(4-13)9(11)12)1-2-8(7)14(15)16/h1-3,6,9H,4,13H2. The molecule has 88 valence electrons. The molecule has 0 fully saturated rings. The van der Waals surface area contributed by atoms with Crippen LogP contribution in [0.1, 0.15) is 11.5 Å². The third-order valence-corrected chi connectivity index (χ3v) is 2.46. The molecule has 4 nitrogen and oxygen atoms in total. The van der Waals surface area contributed by atoms with Gasteiger partial charge in [-0.2, -0.15) is 0 Å². The number of nitro groups is 1. The zero-order chi connectivity index (χ0) is 12.3. The summed E-state index contributed by atoms with van der Waals surface area (Å²) in [7, 11) is 0. The highest BCUT2D eigenvalue weighted by atomic mass is 35.5. The van der Waals surface area contributed by atoms with E-state index in [1.807, 2.05) is 0 Å². The SMILES string of the molecule is NCC(c1ccc([N+](=O)[O-])c(Cl)c1)C(F)F. The van der Waals surface area contributed by atoms with E-state index < -0.39 is 17.3 Å². The Morgan fingerprint density at radius 2 is 2.12 bits per heavy atom. The molecule has 1 rings (SSSR count). The lowest BCUT2D eigenvalue weighted by Gasteiger charge is -2.13. The summed E-state index contributed by atoms with van der Waals surface area (Å²) in [5, 5.41) is 10.3. The highest BCUT2D eigenvalue weighted by Crippen LogP contribution is 2.30. The third kappa shape index (κ3) is 2.65. The molecule has 2 N–H and O–H groups in total. The van der Waals surface area contributed by atoms with Crippen LogP contribution in [0.15, 0.2) is 18.2 Å². The summed E-state index contributed by atoms with van der Waals surface area (Å²) in [6.45, 7) is -0.244. The van der Waals surface area contributed by atoms with Crippen molar-refractivity contribution >= 4 is 17.3 Å². The van der Waals surface area contributed by atoms with E-state index in [0.717, 1.165) is 12.1 Å². The molecule has 0 saturated carbocycles. The quantitative estimate of drug-likeness (QED) is 0.659. The van der Waals surface area contributed by atoms with Gasteiger partial charge in [0.1, 0.15) is 5.02 Å². The lowest BCUT2D eigenvalue weighted by molar-refractivity contribution is -0.384. The predicted octanol–water partition coefficient (Wildman–Crippen LogP) is 2.56. The van der Waals surface area contributed by atoms with Gasteiger partial charge in [0, 0.05) is 12.6 Å². The smallest absolute Gasteiger partial charge is 0.287 e. The number of hydrogen-bond acceptors (Lipinski definition) is 3. The van der Waals surface area contributed by atoms with E-state index in [9.17, 15) is 18.9 Å². The summed E-state index contributed by atoms with van der Waals surface area (Å²) < 4.78 is 25.0. The van der Waals surface area contributed by atoms with Crippen LogP contribution in [0.4, 0.5) is 14.5 Å². The van der Waals surface area contributed by atoms with Crippen LogP contribution in [-0.4, -0.2) is 17.9 Å². The molecular formula is C9H9ClF2N2O2. The number of hydrogen-bond donors (Lipinski definition) is 1. The van der Waals surface area contributed by atoms with Crippen molar-refractivity contribution in [3.8, 4) is 0 Å². The monoisotopic (exact) mass is 250 g/mol. The molecule has 1 atom stereocenters. The molecule has 0 saturated heterocycles. The Bertz CT molecular complexity index is 401. The fraction of sp³-hybridized carbons (Fsp3) is 0.333. The number of nitro benzene ring substituents is 1. The highest BCUT2D eigenvalue weighted by molar-refractivity contribution is 6.32. The van der Waals surface area contributed by atoms with Gasteiger partial charge in [0.2, 0.25) is 6.43 Å². The Morgan fingerprint density at radius 3 is 2.50 bits per heavy atom. The molecule has 7 heteroatoms. The van der Waals surface area contributed by atoms with Crippen LogP contribution < -0.4 is 5.73 Å². The minimum atomic E-state index is -2.62. The van der Waals surface area contributed by atoms with E-state index in [-0.39, 0.29) is 22.8 Å². The van der Waals surface area contributed by atoms with Gasteiger partial charge in [-0.3, -0.25) is 10.1 Å². The molecule has 0 amide bonds. The molecule has 0 radical (unpaired) electrons. The molecule has 0 heterocycles. The Hall–Kier alpha value is -1.27. The Morgan fingerprint density at radius 1 is 1.50 bits per heavy atom. The van der Waals surface area contributed by atoms with Crippen molar-refractivity contribution in [3.63, 3.8) is 0 Å². The molecule has 0 aliphatic heterocycles. The van der Waals surface area contributed by atoms with Crippen LogP contribution in [0, 0.1) is 10.1 Å². The van der Waals surface area contributed by atoms with Crippen LogP contribution in [0.3, 0.4) is 0 Å². The highest BCUT2D eigenvalue weighted by Gasteiger charge is 2.23. The summed E-state index contributed by atoms with van der Waals surface area (Å²) in [6.07, 6.45) is -2.62. The molecular weight excluding hydrogens is 242 g/mol. The number of nitrogens with zero attached hydrogens (tertiary/aromatic N) is 1. The number of benzene rings is 1. The van der Waals surface area contributed by atoms with Crippen LogP contribution >= 0.6 is 11.6 Å². The first kappa shape index (κ1) is 12.8. The normalized spacial score (nSPS) is 12.8. The number of halogens is 3. The van der Waals surface area contributed by atoms with E-state index >= 15 is 0 Å². The predicted molar refractivity (Wildman–Crippen MR) is 55.9 cm³/mol. The molecule has 0 aliphatic carbocycles. The summed E-state index contributed by atoms with van der Waals surface area (Å²) in [5.41, 5.74) is 5.09. The maximum atomic E-state index is 12.5. The van der Waals surface area contributed by atoms with Gasteiger partial charge in [0.05, 0.1) is 10.8 Å². The first-order chi connectivity index (χ1) is 7.47. The van der Waals surface area contributed by atoms with Gasteiger partial charge >= 0.3 is 0 Å². The minimum absolute atomic E-state index is 0.165. The van der Waals surface area contributed by atoms with Crippen LogP contribution in [-0.2, 0) is 0 Å². The molecule has 1 aromatic carbocycles. The summed E-state index contributed by atoms with van der Waals surface area (Å²) in [5.74, 6) is -1.15. The fourth-order valence-electron chi connectivity index (χ4n) is 1.29. The second-order valence-corrected chi connectivity index (χ2v) is 3.55. The van der Waals surface area contributed by atoms with E-state index in [1.165, 1.54) is 6.07 Å². The number of rotatable bonds is 4. The summed E-state index contributed by atoms with van der Waals surface area (Å²) in [6, 6.07) is 3.50. The Kier molecular flexibility index (Phi) is 4.14. The first-order valence-electron chi connectivity index (χ1n) is 4.39. The largest absolute Gasteiger partial charge is 0.330 e. The Balaban J connectivity index is 3.09. The van der Waals surface area contributed by atoms with Gasteiger partial charge in [-0.1, -0.05) is 17.7 Å². The maximum absolute atomic E-state index is 12.5. The average molecular weight is 251 g/mol. The number of alkyl halides is 2. The maximum Gasteiger partial charge on any atom is 0.287 e. The van der Waals surface area contributed by atoms with Gasteiger partial charge in [-0.25, -0.2) is 8.78 Å². The van der Waals surface area contributed by atoms with Gasteiger partial charge in [0.15, 0.2) is 0 Å². The second-order valence-electron chi connectivity index (χ2n) is 3.14. The molecule has 0 bridgehead atoms. The summed E-state index contributed by atoms with van der Waals surface area (Å²) >= 11 is 5.60. The fourth-order valence-corrected chi connectivity index (χ4v) is 1.54. The van der Waals surface area contributed by atoms with Gasteiger partial charge in [-0.05, 0) is 11.6 Å². The third-order valence-electron chi connectivity index (χ3n) is 2.15. The van der Waals surface area contributed by atoms with Crippen molar-refractivity contribution in [2.24, 2.45) is 5.73 Å². The van der Waals surface area contributed by atoms with Crippen LogP contribution in [0.25, 0.3) is 0 Å². The lowest BCUT2D eigenvalue weighted by atomic mass is 9.99. The van der Waals surface area contributed by atoms with Gasteiger partial charge in [0.25, 0.3) is 5.69 Å². The number of nitrogens with two attached hydrogens (primary N) is 1. The van der Waals surface area contributed by atoms with E-state index in [1.54, 1.807) is 0 Å². The average Bonchev–Trinajstić information content (AvgIpc) is 2.17. The Labute approximate surface area is 95.2 Å². The molecule has 0 aliphatic rings. The zero-order valence-electron chi connectivity index (χ0n) is 8.07. The van der Waals surface area contributed by atoms with Crippen molar-refractivity contribution in [2.45, 2.75) is 12.3 Å². The van der Waals surface area contributed by atoms with Crippen molar-refractivity contribution in [1.29, 1.82) is 0 Å².